The summed E-state index contributed by atoms with van der Waals surface area (Å²) >= 11 is 5.16. The van der Waals surface area contributed by atoms with E-state index in [1.165, 1.54) is 18.2 Å². The lowest BCUT2D eigenvalue weighted by Crippen LogP contribution is -2.38. The number of anilines is 2. The van der Waals surface area contributed by atoms with Crippen LogP contribution in [0.15, 0.2) is 116 Å². The molecule has 7 aromatic rings. The molecule has 51 heavy (non-hydrogen) atoms. The fraction of sp³-hybridized carbons (Fsp3) is 0.154. The number of aromatic nitrogens is 6. The first-order valence-electron chi connectivity index (χ1n) is 16.4. The standard InChI is InChI=1S/C23H20N4O2.C9H12N4.C7H5ClO/c1-2-9-18-14-24-20-19(18)25-15-26-21(20)27(22(28)16-10-5-3-6-11-16)23(29)17-12-7-4-8-13-17;1-2-3-6-4-11-8-7(6)12-5-13-9(8)10;8-7(9)6-4-2-1-3-5-6/h3-8,10-15,24H,2,9H2,1H3;4-5,11H,2-3H2,1H3,(H2,10,12,13);1-5H. The first-order valence-corrected chi connectivity index (χ1v) is 16.8. The van der Waals surface area contributed by atoms with Gasteiger partial charge in [0.1, 0.15) is 23.7 Å². The second kappa shape index (κ2) is 17.5. The van der Waals surface area contributed by atoms with Crippen molar-refractivity contribution in [2.45, 2.75) is 39.5 Å². The normalized spacial score (nSPS) is 10.5. The Morgan fingerprint density at radius 3 is 1.51 bits per heavy atom. The molecule has 0 aliphatic carbocycles. The van der Waals surface area contributed by atoms with Crippen LogP contribution in [0.3, 0.4) is 0 Å². The minimum atomic E-state index is -0.439. The molecule has 4 heterocycles. The summed E-state index contributed by atoms with van der Waals surface area (Å²) in [4.78, 5) is 61.3. The van der Waals surface area contributed by atoms with Crippen molar-refractivity contribution in [3.8, 4) is 0 Å². The third-order valence-corrected chi connectivity index (χ3v) is 8.01. The lowest BCUT2D eigenvalue weighted by molar-refractivity contribution is 0.0896. The van der Waals surface area contributed by atoms with Crippen molar-refractivity contribution < 1.29 is 14.4 Å². The number of halogens is 1. The number of benzene rings is 3. The fourth-order valence-electron chi connectivity index (χ4n) is 5.36. The van der Waals surface area contributed by atoms with Crippen molar-refractivity contribution in [2.24, 2.45) is 0 Å². The molecular weight excluding hydrogens is 664 g/mol. The van der Waals surface area contributed by atoms with Crippen molar-refractivity contribution >= 4 is 62.4 Å². The van der Waals surface area contributed by atoms with Gasteiger partial charge in [-0.25, -0.2) is 24.8 Å². The molecule has 0 aliphatic rings. The Kier molecular flexibility index (Phi) is 12.4. The van der Waals surface area contributed by atoms with Crippen LogP contribution in [-0.4, -0.2) is 47.0 Å². The highest BCUT2D eigenvalue weighted by Gasteiger charge is 2.29. The molecule has 4 aromatic heterocycles. The molecule has 0 aliphatic heterocycles. The van der Waals surface area contributed by atoms with Crippen molar-refractivity contribution in [3.05, 3.63) is 144 Å². The van der Waals surface area contributed by atoms with E-state index in [4.69, 9.17) is 17.3 Å². The maximum atomic E-state index is 13.4. The van der Waals surface area contributed by atoms with E-state index < -0.39 is 17.1 Å². The number of hydrogen-bond donors (Lipinski definition) is 3. The zero-order valence-corrected chi connectivity index (χ0v) is 29.0. The molecule has 0 atom stereocenters. The van der Waals surface area contributed by atoms with Gasteiger partial charge in [-0.2, -0.15) is 0 Å². The van der Waals surface area contributed by atoms with Gasteiger partial charge in [0, 0.05) is 29.1 Å². The largest absolute Gasteiger partial charge is 0.382 e. The van der Waals surface area contributed by atoms with E-state index in [2.05, 4.69) is 43.8 Å². The van der Waals surface area contributed by atoms with Gasteiger partial charge in [0.15, 0.2) is 11.6 Å². The molecule has 11 nitrogen and oxygen atoms in total. The molecule has 0 fully saturated rings. The van der Waals surface area contributed by atoms with E-state index in [-0.39, 0.29) is 5.82 Å². The van der Waals surface area contributed by atoms with Crippen LogP contribution in [0, 0.1) is 0 Å². The zero-order chi connectivity index (χ0) is 36.2. The van der Waals surface area contributed by atoms with Crippen LogP contribution in [0.1, 0.15) is 68.9 Å². The van der Waals surface area contributed by atoms with E-state index >= 15 is 0 Å². The van der Waals surface area contributed by atoms with Gasteiger partial charge in [-0.05, 0) is 59.8 Å². The monoisotopic (exact) mass is 700 g/mol. The quantitative estimate of drug-likeness (QED) is 0.106. The number of nitrogens with two attached hydrogens (primary N) is 1. The molecule has 0 radical (unpaired) electrons. The van der Waals surface area contributed by atoms with Gasteiger partial charge in [0.25, 0.3) is 17.1 Å². The number of aromatic amines is 2. The molecule has 0 saturated carbocycles. The smallest absolute Gasteiger partial charge is 0.266 e. The number of H-pyrrole nitrogens is 2. The second-order valence-electron chi connectivity index (χ2n) is 11.3. The minimum absolute atomic E-state index is 0.250. The SMILES string of the molecule is CCCc1c[nH]c2c(N(C(=O)c3ccccc3)C(=O)c3ccccc3)ncnc12.CCCc1c[nH]c2c(N)ncnc12.O=C(Cl)c1ccccc1. The summed E-state index contributed by atoms with van der Waals surface area (Å²) in [6, 6.07) is 26.2. The number of amides is 2. The predicted molar refractivity (Wildman–Crippen MR) is 201 cm³/mol. The summed E-state index contributed by atoms with van der Waals surface area (Å²) in [5.41, 5.74) is 12.4. The highest BCUT2D eigenvalue weighted by molar-refractivity contribution is 6.67. The van der Waals surface area contributed by atoms with Crippen LogP contribution in [0.2, 0.25) is 0 Å². The summed E-state index contributed by atoms with van der Waals surface area (Å²) in [6.45, 7) is 4.23. The van der Waals surface area contributed by atoms with Crippen LogP contribution < -0.4 is 10.6 Å². The number of imide groups is 1. The van der Waals surface area contributed by atoms with Crippen LogP contribution in [0.5, 0.6) is 0 Å². The Balaban J connectivity index is 0.000000187. The Morgan fingerprint density at radius 2 is 1.06 bits per heavy atom. The van der Waals surface area contributed by atoms with Gasteiger partial charge >= 0.3 is 0 Å². The van der Waals surface area contributed by atoms with Crippen LogP contribution in [0.25, 0.3) is 22.1 Å². The van der Waals surface area contributed by atoms with Crippen LogP contribution >= 0.6 is 11.6 Å². The third-order valence-electron chi connectivity index (χ3n) is 7.79. The maximum Gasteiger partial charge on any atom is 0.266 e. The first kappa shape index (κ1) is 36.1. The lowest BCUT2D eigenvalue weighted by Gasteiger charge is -2.20. The minimum Gasteiger partial charge on any atom is -0.382 e. The summed E-state index contributed by atoms with van der Waals surface area (Å²) in [5.74, 6) is -0.107. The Bertz CT molecular complexity index is 2170. The third kappa shape index (κ3) is 8.70. The molecule has 3 aromatic carbocycles. The van der Waals surface area contributed by atoms with E-state index in [1.54, 1.807) is 72.8 Å². The summed E-state index contributed by atoms with van der Waals surface area (Å²) in [6.07, 6.45) is 10.7. The van der Waals surface area contributed by atoms with E-state index in [1.807, 2.05) is 30.6 Å². The topological polar surface area (TPSA) is 164 Å². The maximum absolute atomic E-state index is 13.4. The van der Waals surface area contributed by atoms with Crippen LogP contribution in [0.4, 0.5) is 11.6 Å². The predicted octanol–water partition coefficient (Wildman–Crippen LogP) is 7.96. The number of carbonyl (C=O) groups excluding carboxylic acids is 3. The number of aryl methyl sites for hydroxylation is 2. The summed E-state index contributed by atoms with van der Waals surface area (Å²) in [7, 11) is 0. The van der Waals surface area contributed by atoms with Crippen molar-refractivity contribution in [3.63, 3.8) is 0 Å². The highest BCUT2D eigenvalue weighted by Crippen LogP contribution is 2.28. The summed E-state index contributed by atoms with van der Waals surface area (Å²) in [5, 5.41) is -0.407. The van der Waals surface area contributed by atoms with E-state index in [0.29, 0.717) is 28.0 Å². The number of nitrogens with zero attached hydrogens (tertiary/aromatic N) is 5. The van der Waals surface area contributed by atoms with Gasteiger partial charge in [0.05, 0.1) is 11.0 Å². The Morgan fingerprint density at radius 1 is 0.627 bits per heavy atom. The van der Waals surface area contributed by atoms with Crippen molar-refractivity contribution in [2.75, 3.05) is 10.6 Å². The second-order valence-corrected chi connectivity index (χ2v) is 11.7. The molecule has 7 rings (SSSR count). The van der Waals surface area contributed by atoms with Gasteiger partial charge in [0.2, 0.25) is 0 Å². The number of nitrogen functional groups attached to an aromatic ring is 1. The zero-order valence-electron chi connectivity index (χ0n) is 28.2. The number of hydrogen-bond acceptors (Lipinski definition) is 8. The number of carbonyl (C=O) groups is 3. The van der Waals surface area contributed by atoms with Gasteiger partial charge < -0.3 is 15.7 Å². The first-order chi connectivity index (χ1) is 24.8. The molecule has 2 amide bonds. The molecule has 0 spiro atoms. The Hall–Kier alpha value is -6.20. The van der Waals surface area contributed by atoms with Gasteiger partial charge in [-0.15, -0.1) is 0 Å². The lowest BCUT2D eigenvalue weighted by atomic mass is 10.1. The van der Waals surface area contributed by atoms with E-state index in [0.717, 1.165) is 52.7 Å². The van der Waals surface area contributed by atoms with Crippen molar-refractivity contribution in [1.29, 1.82) is 0 Å². The average Bonchev–Trinajstić information content (AvgIpc) is 3.79. The molecular formula is C39H37ClN8O3. The van der Waals surface area contributed by atoms with Gasteiger partial charge in [-0.3, -0.25) is 14.4 Å². The average molecular weight is 701 g/mol. The molecule has 12 heteroatoms. The molecule has 0 bridgehead atoms. The number of fused-ring (bicyclic) bond motifs is 2. The molecule has 4 N–H and O–H groups in total. The summed E-state index contributed by atoms with van der Waals surface area (Å²) < 4.78 is 0. The molecule has 0 saturated heterocycles. The van der Waals surface area contributed by atoms with Crippen LogP contribution in [-0.2, 0) is 12.8 Å². The van der Waals surface area contributed by atoms with E-state index in [9.17, 15) is 14.4 Å². The van der Waals surface area contributed by atoms with Gasteiger partial charge in [-0.1, -0.05) is 93.4 Å². The van der Waals surface area contributed by atoms with Crippen molar-refractivity contribution in [1.82, 2.24) is 29.9 Å². The number of rotatable bonds is 8. The highest BCUT2D eigenvalue weighted by atomic mass is 35.5. The fourth-order valence-corrected chi connectivity index (χ4v) is 5.48. The molecule has 258 valence electrons. The Labute approximate surface area is 300 Å². The molecule has 0 unspecified atom stereocenters. The number of nitrogens with one attached hydrogen (secondary N) is 2.